The van der Waals surface area contributed by atoms with Crippen LogP contribution in [0.5, 0.6) is 0 Å². The molecule has 0 heterocycles. The van der Waals surface area contributed by atoms with E-state index in [4.69, 9.17) is 9.42 Å². The Morgan fingerprint density at radius 3 is 1.70 bits per heavy atom. The first kappa shape index (κ1) is 19.9. The van der Waals surface area contributed by atoms with Gasteiger partial charge in [-0.2, -0.15) is 0 Å². The van der Waals surface area contributed by atoms with E-state index in [-0.39, 0.29) is 0 Å². The molecule has 0 aromatic carbocycles. The third-order valence-electron chi connectivity index (χ3n) is 3.50. The summed E-state index contributed by atoms with van der Waals surface area (Å²) in [4.78, 5) is 9.12. The predicted molar refractivity (Wildman–Crippen MR) is 87.1 cm³/mol. The second-order valence-corrected chi connectivity index (χ2v) is 7.22. The predicted octanol–water partition coefficient (Wildman–Crippen LogP) is 6.03. The number of hydrogen-bond acceptors (Lipinski definition) is 2. The highest BCUT2D eigenvalue weighted by Crippen LogP contribution is 2.42. The minimum absolute atomic E-state index is 0.358. The second kappa shape index (κ2) is 13.9. The lowest BCUT2D eigenvalue weighted by molar-refractivity contribution is 0.260. The molecule has 4 heteroatoms. The molecule has 0 aliphatic rings. The average molecular weight is 304 g/mol. The van der Waals surface area contributed by atoms with Gasteiger partial charge in [0.1, 0.15) is 0 Å². The van der Waals surface area contributed by atoms with Crippen LogP contribution in [0.15, 0.2) is 12.4 Å². The Bertz CT molecular complexity index is 266. The monoisotopic (exact) mass is 304 g/mol. The smallest absolute Gasteiger partial charge is 0.321 e. The van der Waals surface area contributed by atoms with Crippen molar-refractivity contribution < 1.29 is 14.0 Å². The Labute approximate surface area is 125 Å². The van der Waals surface area contributed by atoms with Crippen molar-refractivity contribution in [2.24, 2.45) is 0 Å². The number of unbranched alkanes of at least 4 members (excludes halogenated alkanes) is 11. The van der Waals surface area contributed by atoms with Gasteiger partial charge in [-0.05, 0) is 6.42 Å². The normalized spacial score (nSPS) is 14.1. The highest BCUT2D eigenvalue weighted by atomic mass is 31.2. The van der Waals surface area contributed by atoms with Crippen molar-refractivity contribution in [2.45, 2.75) is 84.0 Å². The Morgan fingerprint density at radius 2 is 1.30 bits per heavy atom. The SMILES string of the molecule is C=CP(=O)(O)OCCCCCCCCCCCCCC. The minimum Gasteiger partial charge on any atom is -0.321 e. The molecule has 0 saturated carbocycles. The lowest BCUT2D eigenvalue weighted by atomic mass is 10.1. The molecule has 0 aromatic rings. The van der Waals surface area contributed by atoms with Gasteiger partial charge in [-0.15, -0.1) is 0 Å². The molecule has 0 aliphatic carbocycles. The zero-order chi connectivity index (χ0) is 15.1. The number of rotatable bonds is 15. The zero-order valence-corrected chi connectivity index (χ0v) is 14.1. The molecular weight excluding hydrogens is 271 g/mol. The maximum absolute atomic E-state index is 11.1. The molecule has 20 heavy (non-hydrogen) atoms. The van der Waals surface area contributed by atoms with Gasteiger partial charge in [-0.3, -0.25) is 4.57 Å². The van der Waals surface area contributed by atoms with E-state index in [1.165, 1.54) is 64.2 Å². The topological polar surface area (TPSA) is 46.5 Å². The molecule has 3 nitrogen and oxygen atoms in total. The number of hydrogen-bond donors (Lipinski definition) is 1. The first-order valence-corrected chi connectivity index (χ1v) is 9.87. The molecule has 0 amide bonds. The molecule has 0 aliphatic heterocycles. The summed E-state index contributed by atoms with van der Waals surface area (Å²) in [6.07, 6.45) is 15.3. The molecule has 120 valence electrons. The minimum atomic E-state index is -3.49. The maximum atomic E-state index is 11.1. The lowest BCUT2D eigenvalue weighted by Crippen LogP contribution is -1.91. The standard InChI is InChI=1S/C16H33O3P/c1-3-5-6-7-8-9-10-11-12-13-14-15-16-19-20(17,18)4-2/h4H,2-3,5-16H2,1H3,(H,17,18). The molecule has 0 rings (SSSR count). The van der Waals surface area contributed by atoms with Gasteiger partial charge in [0, 0.05) is 5.82 Å². The van der Waals surface area contributed by atoms with Gasteiger partial charge in [0.05, 0.1) is 6.61 Å². The van der Waals surface area contributed by atoms with E-state index >= 15 is 0 Å². The Morgan fingerprint density at radius 1 is 0.900 bits per heavy atom. The summed E-state index contributed by atoms with van der Waals surface area (Å²) in [6.45, 7) is 5.88. The van der Waals surface area contributed by atoms with Crippen LogP contribution in [0.1, 0.15) is 84.0 Å². The maximum Gasteiger partial charge on any atom is 0.351 e. The van der Waals surface area contributed by atoms with E-state index in [1.807, 2.05) is 0 Å². The molecule has 0 fully saturated rings. The van der Waals surface area contributed by atoms with Gasteiger partial charge >= 0.3 is 7.60 Å². The van der Waals surface area contributed by atoms with Crippen LogP contribution >= 0.6 is 7.60 Å². The van der Waals surface area contributed by atoms with Gasteiger partial charge in [-0.25, -0.2) is 0 Å². The first-order chi connectivity index (χ1) is 9.62. The van der Waals surface area contributed by atoms with Crippen LogP contribution in [0.3, 0.4) is 0 Å². The van der Waals surface area contributed by atoms with Crippen LogP contribution in [-0.4, -0.2) is 11.5 Å². The summed E-state index contributed by atoms with van der Waals surface area (Å²) in [6, 6.07) is 0. The molecule has 0 saturated heterocycles. The van der Waals surface area contributed by atoms with Crippen LogP contribution in [-0.2, 0) is 9.09 Å². The molecule has 1 unspecified atom stereocenters. The van der Waals surface area contributed by atoms with Crippen LogP contribution in [0.4, 0.5) is 0 Å². The van der Waals surface area contributed by atoms with Crippen LogP contribution in [0.25, 0.3) is 0 Å². The van der Waals surface area contributed by atoms with Crippen molar-refractivity contribution in [3.8, 4) is 0 Å². The summed E-state index contributed by atoms with van der Waals surface area (Å²) in [7, 11) is -3.49. The van der Waals surface area contributed by atoms with Gasteiger partial charge < -0.3 is 9.42 Å². The van der Waals surface area contributed by atoms with E-state index in [9.17, 15) is 4.57 Å². The van der Waals surface area contributed by atoms with Gasteiger partial charge in [0.2, 0.25) is 0 Å². The average Bonchev–Trinajstić information content (AvgIpc) is 2.44. The van der Waals surface area contributed by atoms with Gasteiger partial charge in [0.15, 0.2) is 0 Å². The fraction of sp³-hybridized carbons (Fsp3) is 0.875. The third kappa shape index (κ3) is 14.3. The van der Waals surface area contributed by atoms with Gasteiger partial charge in [-0.1, -0.05) is 84.1 Å². The van der Waals surface area contributed by atoms with Crippen molar-refractivity contribution in [1.82, 2.24) is 0 Å². The Hall–Kier alpha value is -0.110. The van der Waals surface area contributed by atoms with Crippen LogP contribution in [0.2, 0.25) is 0 Å². The van der Waals surface area contributed by atoms with E-state index in [0.29, 0.717) is 6.61 Å². The van der Waals surface area contributed by atoms with Crippen molar-refractivity contribution in [1.29, 1.82) is 0 Å². The highest BCUT2D eigenvalue weighted by molar-refractivity contribution is 7.56. The molecule has 0 radical (unpaired) electrons. The van der Waals surface area contributed by atoms with E-state index in [0.717, 1.165) is 18.7 Å². The summed E-state index contributed by atoms with van der Waals surface area (Å²) in [5.41, 5.74) is 0. The molecule has 0 spiro atoms. The molecule has 1 atom stereocenters. The largest absolute Gasteiger partial charge is 0.351 e. The van der Waals surface area contributed by atoms with E-state index in [1.54, 1.807) is 0 Å². The lowest BCUT2D eigenvalue weighted by Gasteiger charge is -2.07. The van der Waals surface area contributed by atoms with Gasteiger partial charge in [0.25, 0.3) is 0 Å². The van der Waals surface area contributed by atoms with Crippen molar-refractivity contribution in [3.63, 3.8) is 0 Å². The summed E-state index contributed by atoms with van der Waals surface area (Å²) < 4.78 is 16.0. The van der Waals surface area contributed by atoms with E-state index in [2.05, 4.69) is 13.5 Å². The Kier molecular flexibility index (Phi) is 13.8. The Balaban J connectivity index is 3.10. The fourth-order valence-electron chi connectivity index (χ4n) is 2.19. The molecular formula is C16H33O3P. The van der Waals surface area contributed by atoms with Crippen molar-refractivity contribution >= 4 is 7.60 Å². The van der Waals surface area contributed by atoms with E-state index < -0.39 is 7.60 Å². The molecule has 0 bridgehead atoms. The third-order valence-corrected chi connectivity index (χ3v) is 4.52. The van der Waals surface area contributed by atoms with Crippen LogP contribution < -0.4 is 0 Å². The first-order valence-electron chi connectivity index (χ1n) is 8.23. The second-order valence-electron chi connectivity index (χ2n) is 5.47. The summed E-state index contributed by atoms with van der Waals surface area (Å²) in [5, 5.41) is 0. The van der Waals surface area contributed by atoms with Crippen LogP contribution in [0, 0.1) is 0 Å². The highest BCUT2D eigenvalue weighted by Gasteiger charge is 2.11. The summed E-state index contributed by atoms with van der Waals surface area (Å²) >= 11 is 0. The zero-order valence-electron chi connectivity index (χ0n) is 13.2. The fourth-order valence-corrected chi connectivity index (χ4v) is 2.69. The molecule has 0 aromatic heterocycles. The summed E-state index contributed by atoms with van der Waals surface area (Å²) in [5.74, 6) is 0.994. The quantitative estimate of drug-likeness (QED) is 0.296. The molecule has 1 N–H and O–H groups in total. The van der Waals surface area contributed by atoms with Crippen molar-refractivity contribution in [2.75, 3.05) is 6.61 Å². The van der Waals surface area contributed by atoms with Crippen molar-refractivity contribution in [3.05, 3.63) is 12.4 Å².